The number of fused-ring (bicyclic) bond motifs is 4. The third kappa shape index (κ3) is 9.88. The van der Waals surface area contributed by atoms with Crippen molar-refractivity contribution < 1.29 is 0 Å². The van der Waals surface area contributed by atoms with Crippen LogP contribution in [0.5, 0.6) is 0 Å². The van der Waals surface area contributed by atoms with Gasteiger partial charge in [0.25, 0.3) is 6.71 Å². The zero-order valence-corrected chi connectivity index (χ0v) is 55.0. The van der Waals surface area contributed by atoms with E-state index in [9.17, 15) is 0 Å². The fourth-order valence-corrected chi connectivity index (χ4v) is 25.4. The largest absolute Gasteiger partial charge is 0.311 e. The Bertz CT molecular complexity index is 5000. The Morgan fingerprint density at radius 1 is 0.208 bits per heavy atom. The maximum absolute atomic E-state index is 3.05. The first-order valence-corrected chi connectivity index (χ1v) is 37.3. The molecule has 15 aromatic rings. The highest BCUT2D eigenvalue weighted by Gasteiger charge is 2.47. The minimum Gasteiger partial charge on any atom is -0.311 e. The molecule has 0 amide bonds. The van der Waals surface area contributed by atoms with Crippen LogP contribution in [0.4, 0.5) is 51.2 Å². The molecule has 0 spiro atoms. The monoisotopic (exact) mass is 1260 g/mol. The molecule has 0 bridgehead atoms. The zero-order chi connectivity index (χ0) is 63.8. The average Bonchev–Trinajstić information content (AvgIpc) is 0.694. The van der Waals surface area contributed by atoms with Gasteiger partial charge in [-0.2, -0.15) is 0 Å². The molecule has 2 heterocycles. The number of hydrogen-bond donors (Lipinski definition) is 0. The molecule has 2 aliphatic rings. The molecule has 0 radical (unpaired) electrons. The van der Waals surface area contributed by atoms with Crippen molar-refractivity contribution in [3.05, 3.63) is 400 Å². The summed E-state index contributed by atoms with van der Waals surface area (Å²) in [5.41, 5.74) is 18.3. The fraction of sp³-hybridized carbons (Fsp3) is 0. The highest BCUT2D eigenvalue weighted by Crippen LogP contribution is 2.49. The summed E-state index contributed by atoms with van der Waals surface area (Å²) in [6, 6.07) is 150. The van der Waals surface area contributed by atoms with Crippen molar-refractivity contribution in [2.45, 2.75) is 0 Å². The van der Waals surface area contributed by atoms with E-state index in [4.69, 9.17) is 0 Å². The lowest BCUT2D eigenvalue weighted by Gasteiger charge is -2.45. The second-order valence-electron chi connectivity index (χ2n) is 25.1. The Morgan fingerprint density at radius 3 is 0.917 bits per heavy atom. The van der Waals surface area contributed by atoms with Crippen LogP contribution in [0.2, 0.25) is 0 Å². The zero-order valence-electron chi connectivity index (χ0n) is 53.0. The molecule has 0 aliphatic carbocycles. The molecule has 0 fully saturated rings. The Kier molecular flexibility index (Phi) is 15.1. The molecular weight excluding hydrogens is 1190 g/mol. The number of para-hydroxylation sites is 2. The van der Waals surface area contributed by atoms with E-state index < -0.39 is 16.1 Å². The van der Waals surface area contributed by atoms with E-state index in [0.29, 0.717) is 0 Å². The molecule has 2 aliphatic heterocycles. The molecule has 0 saturated carbocycles. The van der Waals surface area contributed by atoms with Crippen LogP contribution in [0.25, 0.3) is 22.3 Å². The SMILES string of the molecule is c1ccc(-c2ccc3c(c2)B2c4ccc(-c5ccccc5)cc4N(c4cccc([Si](c5ccccc5)(c5ccccc5)c5ccccc5)c4)c4cc(N(c5ccccc5)c5ccccc5)cc(c42)N3c2cccc([Si](c3ccccc3)(c3ccccc3)c3ccccc3)c2)cc1. The van der Waals surface area contributed by atoms with Gasteiger partial charge in [-0.15, -0.1) is 0 Å². The van der Waals surface area contributed by atoms with E-state index in [-0.39, 0.29) is 6.71 Å². The summed E-state index contributed by atoms with van der Waals surface area (Å²) < 4.78 is 0. The molecule has 0 saturated heterocycles. The van der Waals surface area contributed by atoms with Gasteiger partial charge in [0.1, 0.15) is 0 Å². The topological polar surface area (TPSA) is 9.72 Å². The number of benzene rings is 15. The van der Waals surface area contributed by atoms with Crippen LogP contribution < -0.4 is 72.6 Å². The molecule has 6 heteroatoms. The second-order valence-corrected chi connectivity index (χ2v) is 32.7. The van der Waals surface area contributed by atoms with Gasteiger partial charge in [0.2, 0.25) is 0 Å². The van der Waals surface area contributed by atoms with Gasteiger partial charge in [0.05, 0.1) is 5.69 Å². The van der Waals surface area contributed by atoms with Crippen LogP contribution in [0.1, 0.15) is 0 Å². The lowest BCUT2D eigenvalue weighted by Crippen LogP contribution is -2.74. The van der Waals surface area contributed by atoms with E-state index in [1.165, 1.54) is 74.6 Å². The van der Waals surface area contributed by atoms with Crippen LogP contribution in [0.15, 0.2) is 400 Å². The Morgan fingerprint density at radius 2 is 0.531 bits per heavy atom. The Hall–Kier alpha value is -11.8. The normalized spacial score (nSPS) is 12.3. The second kappa shape index (κ2) is 24.9. The minimum atomic E-state index is -3.05. The molecule has 0 atom stereocenters. The van der Waals surface area contributed by atoms with Crippen molar-refractivity contribution in [1.82, 2.24) is 0 Å². The quantitative estimate of drug-likeness (QED) is 0.0748. The first-order valence-electron chi connectivity index (χ1n) is 33.3. The summed E-state index contributed by atoms with van der Waals surface area (Å²) in [7, 11) is -6.09. The van der Waals surface area contributed by atoms with E-state index in [1.54, 1.807) is 0 Å². The Balaban J connectivity index is 1.00. The summed E-state index contributed by atoms with van der Waals surface area (Å²) in [4.78, 5) is 7.71. The average molecular weight is 1260 g/mol. The first-order chi connectivity index (χ1) is 47.6. The van der Waals surface area contributed by atoms with Gasteiger partial charge in [0, 0.05) is 45.5 Å². The van der Waals surface area contributed by atoms with Crippen molar-refractivity contribution in [1.29, 1.82) is 0 Å². The summed E-state index contributed by atoms with van der Waals surface area (Å²) in [5.74, 6) is 0. The van der Waals surface area contributed by atoms with Crippen LogP contribution in [0, 0.1) is 0 Å². The van der Waals surface area contributed by atoms with Crippen molar-refractivity contribution in [2.75, 3.05) is 14.7 Å². The van der Waals surface area contributed by atoms with Crippen LogP contribution in [0.3, 0.4) is 0 Å². The smallest absolute Gasteiger partial charge is 0.252 e. The van der Waals surface area contributed by atoms with Crippen LogP contribution >= 0.6 is 0 Å². The molecule has 0 unspecified atom stereocenters. The molecule has 0 aromatic heterocycles. The minimum absolute atomic E-state index is 0.193. The first kappa shape index (κ1) is 58.1. The van der Waals surface area contributed by atoms with Gasteiger partial charge in [-0.1, -0.05) is 328 Å². The van der Waals surface area contributed by atoms with Gasteiger partial charge in [0.15, 0.2) is 16.1 Å². The van der Waals surface area contributed by atoms with Crippen molar-refractivity contribution in [2.24, 2.45) is 0 Å². The van der Waals surface area contributed by atoms with Crippen LogP contribution in [-0.4, -0.2) is 22.9 Å². The third-order valence-corrected chi connectivity index (χ3v) is 29.4. The molecule has 3 nitrogen and oxygen atoms in total. The van der Waals surface area contributed by atoms with Gasteiger partial charge < -0.3 is 14.7 Å². The van der Waals surface area contributed by atoms with Crippen molar-refractivity contribution in [3.63, 3.8) is 0 Å². The van der Waals surface area contributed by atoms with Gasteiger partial charge in [-0.25, -0.2) is 0 Å². The maximum Gasteiger partial charge on any atom is 0.252 e. The van der Waals surface area contributed by atoms with Gasteiger partial charge in [-0.3, -0.25) is 0 Å². The fourth-order valence-electron chi connectivity index (χ4n) is 15.8. The number of rotatable bonds is 15. The predicted molar refractivity (Wildman–Crippen MR) is 413 cm³/mol. The Labute approximate surface area is 565 Å². The summed E-state index contributed by atoms with van der Waals surface area (Å²) >= 11 is 0. The van der Waals surface area contributed by atoms with Gasteiger partial charge in [-0.05, 0) is 153 Å². The molecular formula is C90H66BN3Si2. The highest BCUT2D eigenvalue weighted by molar-refractivity contribution is 7.20. The standard InChI is InChI=1S/C90H66BN3Si2/c1-11-33-67(34-12-1)69-58-60-86-85(61-69)91-84-59-57-70(68-35-13-2-14-36-68)62-87(84)94(74-42-32-56-83(64-74)96(79-49-25-8-26-50-79,80-51-27-9-28-52-80)81-53-29-10-30-54-81)89-66-75(92(71-37-15-3-16-38-71)72-39-17-4-18-40-72)65-88(90(89)91)93(86)73-41-31-55-82(63-73)95(76-43-19-5-20-44-76,77-45-21-6-22-46-77)78-47-23-7-24-48-78/h1-66H. The summed E-state index contributed by atoms with van der Waals surface area (Å²) in [6.07, 6.45) is 0. The van der Waals surface area contributed by atoms with E-state index in [2.05, 4.69) is 415 Å². The van der Waals surface area contributed by atoms with Crippen molar-refractivity contribution >= 4 is 132 Å². The van der Waals surface area contributed by atoms with E-state index in [1.807, 2.05) is 0 Å². The summed E-state index contributed by atoms with van der Waals surface area (Å²) in [5, 5.41) is 10.6. The number of nitrogens with zero attached hydrogens (tertiary/aromatic N) is 3. The molecule has 15 aromatic carbocycles. The molecule has 17 rings (SSSR count). The lowest BCUT2D eigenvalue weighted by molar-refractivity contribution is 1.23. The van der Waals surface area contributed by atoms with E-state index in [0.717, 1.165) is 56.7 Å². The van der Waals surface area contributed by atoms with E-state index >= 15 is 0 Å². The number of anilines is 9. The number of hydrogen-bond acceptors (Lipinski definition) is 3. The van der Waals surface area contributed by atoms with Gasteiger partial charge >= 0.3 is 0 Å². The van der Waals surface area contributed by atoms with Crippen LogP contribution in [-0.2, 0) is 0 Å². The lowest BCUT2D eigenvalue weighted by atomic mass is 9.33. The highest BCUT2D eigenvalue weighted by atomic mass is 28.3. The third-order valence-electron chi connectivity index (χ3n) is 19.9. The van der Waals surface area contributed by atoms with Crippen molar-refractivity contribution in [3.8, 4) is 22.3 Å². The molecule has 452 valence electrons. The maximum atomic E-state index is 2.64. The summed E-state index contributed by atoms with van der Waals surface area (Å²) in [6.45, 7) is -0.193. The molecule has 96 heavy (non-hydrogen) atoms. The predicted octanol–water partition coefficient (Wildman–Crippen LogP) is 15.3. The molecule has 0 N–H and O–H groups in total.